The maximum absolute atomic E-state index is 11.5. The van der Waals surface area contributed by atoms with Crippen LogP contribution in [0.25, 0.3) is 0 Å². The number of anilines is 5. The summed E-state index contributed by atoms with van der Waals surface area (Å²) in [5, 5.41) is 6.87. The highest BCUT2D eigenvalue weighted by Gasteiger charge is 2.18. The molecule has 1 fully saturated rings. The van der Waals surface area contributed by atoms with Crippen LogP contribution in [0.1, 0.15) is 6.92 Å². The molecule has 0 bridgehead atoms. The van der Waals surface area contributed by atoms with E-state index in [-0.39, 0.29) is 5.91 Å². The Morgan fingerprint density at radius 1 is 0.933 bits per heavy atom. The zero-order valence-electron chi connectivity index (χ0n) is 16.7. The lowest BCUT2D eigenvalue weighted by molar-refractivity contribution is -0.129. The average Bonchev–Trinajstić information content (AvgIpc) is 2.77. The molecule has 2 heterocycles. The predicted octanol–water partition coefficient (Wildman–Crippen LogP) is 4.29. The van der Waals surface area contributed by atoms with E-state index >= 15 is 0 Å². The Morgan fingerprint density at radius 2 is 1.60 bits per heavy atom. The highest BCUT2D eigenvalue weighted by Crippen LogP contribution is 2.26. The topological polar surface area (TPSA) is 73.4 Å². The fourth-order valence-corrected chi connectivity index (χ4v) is 3.48. The fraction of sp³-hybridized carbons (Fsp3) is 0.227. The Kier molecular flexibility index (Phi) is 5.99. The number of carbonyl (C=O) groups excluding carboxylic acids is 1. The molecule has 8 heteroatoms. The number of amides is 1. The van der Waals surface area contributed by atoms with Crippen molar-refractivity contribution in [1.29, 1.82) is 0 Å². The van der Waals surface area contributed by atoms with Crippen molar-refractivity contribution in [1.82, 2.24) is 14.9 Å². The van der Waals surface area contributed by atoms with Gasteiger partial charge in [-0.1, -0.05) is 29.8 Å². The van der Waals surface area contributed by atoms with Gasteiger partial charge in [0.05, 0.1) is 6.20 Å². The summed E-state index contributed by atoms with van der Waals surface area (Å²) in [5.74, 6) is 1.14. The minimum absolute atomic E-state index is 0.137. The molecule has 7 nitrogen and oxygen atoms in total. The van der Waals surface area contributed by atoms with Crippen molar-refractivity contribution in [3.05, 3.63) is 65.8 Å². The van der Waals surface area contributed by atoms with Crippen molar-refractivity contribution in [3.8, 4) is 0 Å². The van der Waals surface area contributed by atoms with Gasteiger partial charge in [-0.2, -0.15) is 4.98 Å². The molecule has 154 valence electrons. The molecule has 4 rings (SSSR count). The van der Waals surface area contributed by atoms with Crippen molar-refractivity contribution in [3.63, 3.8) is 0 Å². The smallest absolute Gasteiger partial charge is 0.229 e. The van der Waals surface area contributed by atoms with Crippen LogP contribution in [0.15, 0.2) is 60.8 Å². The number of hydrogen-bond acceptors (Lipinski definition) is 6. The van der Waals surface area contributed by atoms with Crippen LogP contribution < -0.4 is 15.5 Å². The van der Waals surface area contributed by atoms with E-state index in [9.17, 15) is 4.79 Å². The van der Waals surface area contributed by atoms with E-state index in [4.69, 9.17) is 11.6 Å². The van der Waals surface area contributed by atoms with E-state index in [1.165, 1.54) is 0 Å². The number of piperazine rings is 1. The second-order valence-electron chi connectivity index (χ2n) is 7.05. The average molecular weight is 423 g/mol. The first kappa shape index (κ1) is 20.0. The second-order valence-corrected chi connectivity index (χ2v) is 7.45. The number of carbonyl (C=O) groups is 1. The van der Waals surface area contributed by atoms with Gasteiger partial charge < -0.3 is 20.4 Å². The first-order valence-electron chi connectivity index (χ1n) is 9.80. The third-order valence-corrected chi connectivity index (χ3v) is 5.27. The summed E-state index contributed by atoms with van der Waals surface area (Å²) in [7, 11) is 0. The van der Waals surface area contributed by atoms with Crippen LogP contribution in [0.4, 0.5) is 28.8 Å². The Bertz CT molecular complexity index is 1000. The minimum Gasteiger partial charge on any atom is -0.368 e. The van der Waals surface area contributed by atoms with Crippen molar-refractivity contribution < 1.29 is 4.79 Å². The lowest BCUT2D eigenvalue weighted by Crippen LogP contribution is -2.48. The Hall–Kier alpha value is -3.32. The molecule has 0 saturated carbocycles. The quantitative estimate of drug-likeness (QED) is 0.639. The number of rotatable bonds is 5. The van der Waals surface area contributed by atoms with Crippen LogP contribution in [-0.4, -0.2) is 47.0 Å². The van der Waals surface area contributed by atoms with E-state index in [1.807, 2.05) is 47.4 Å². The van der Waals surface area contributed by atoms with Gasteiger partial charge in [-0.25, -0.2) is 4.98 Å². The lowest BCUT2D eigenvalue weighted by Gasteiger charge is -2.35. The zero-order chi connectivity index (χ0) is 20.9. The van der Waals surface area contributed by atoms with Crippen molar-refractivity contribution in [2.24, 2.45) is 0 Å². The molecule has 1 aromatic heterocycles. The van der Waals surface area contributed by atoms with E-state index in [0.717, 1.165) is 43.2 Å². The van der Waals surface area contributed by atoms with E-state index in [2.05, 4.69) is 37.6 Å². The minimum atomic E-state index is 0.137. The molecule has 0 spiro atoms. The van der Waals surface area contributed by atoms with Crippen LogP contribution in [0, 0.1) is 0 Å². The molecule has 0 atom stereocenters. The summed E-state index contributed by atoms with van der Waals surface area (Å²) in [5.41, 5.74) is 2.92. The molecule has 1 aliphatic rings. The SMILES string of the molecule is CC(=O)N1CCN(c2ccc(Nc3ncc(Cl)c(Nc4ccccc4)n3)cc2)CC1. The van der Waals surface area contributed by atoms with Gasteiger partial charge in [0.2, 0.25) is 11.9 Å². The number of aromatic nitrogens is 2. The molecule has 3 aromatic rings. The normalized spacial score (nSPS) is 13.8. The highest BCUT2D eigenvalue weighted by molar-refractivity contribution is 6.32. The van der Waals surface area contributed by atoms with Gasteiger partial charge in [0.25, 0.3) is 0 Å². The van der Waals surface area contributed by atoms with Gasteiger partial charge in [-0.05, 0) is 36.4 Å². The largest absolute Gasteiger partial charge is 0.368 e. The summed E-state index contributed by atoms with van der Waals surface area (Å²) in [6, 6.07) is 17.8. The number of halogens is 1. The number of hydrogen-bond donors (Lipinski definition) is 2. The second kappa shape index (κ2) is 9.00. The Balaban J connectivity index is 1.41. The third-order valence-electron chi connectivity index (χ3n) is 4.99. The number of nitrogens with one attached hydrogen (secondary N) is 2. The van der Waals surface area contributed by atoms with Gasteiger partial charge in [-0.3, -0.25) is 4.79 Å². The molecule has 0 radical (unpaired) electrons. The first-order chi connectivity index (χ1) is 14.6. The maximum atomic E-state index is 11.5. The van der Waals surface area contributed by atoms with E-state index in [0.29, 0.717) is 16.8 Å². The standard InChI is InChI=1S/C22H23ClN6O/c1-16(30)28-11-13-29(14-12-28)19-9-7-18(8-10-19)26-22-24-15-20(23)21(27-22)25-17-5-3-2-4-6-17/h2-10,15H,11-14H2,1H3,(H2,24,25,26,27). The molecule has 1 saturated heterocycles. The molecule has 30 heavy (non-hydrogen) atoms. The monoisotopic (exact) mass is 422 g/mol. The summed E-state index contributed by atoms with van der Waals surface area (Å²) in [6.07, 6.45) is 1.57. The van der Waals surface area contributed by atoms with Gasteiger partial charge in [0, 0.05) is 50.2 Å². The van der Waals surface area contributed by atoms with Gasteiger partial charge in [-0.15, -0.1) is 0 Å². The molecule has 1 aliphatic heterocycles. The molecule has 2 aromatic carbocycles. The maximum Gasteiger partial charge on any atom is 0.229 e. The van der Waals surface area contributed by atoms with Crippen LogP contribution in [0.3, 0.4) is 0 Å². The fourth-order valence-electron chi connectivity index (χ4n) is 3.34. The van der Waals surface area contributed by atoms with Crippen LogP contribution >= 0.6 is 11.6 Å². The first-order valence-corrected chi connectivity index (χ1v) is 10.2. The number of benzene rings is 2. The Morgan fingerprint density at radius 3 is 2.27 bits per heavy atom. The van der Waals surface area contributed by atoms with Gasteiger partial charge in [0.15, 0.2) is 5.82 Å². The molecule has 0 unspecified atom stereocenters. The summed E-state index contributed by atoms with van der Waals surface area (Å²) < 4.78 is 0. The van der Waals surface area contributed by atoms with Crippen LogP contribution in [-0.2, 0) is 4.79 Å². The van der Waals surface area contributed by atoms with Crippen LogP contribution in [0.2, 0.25) is 5.02 Å². The predicted molar refractivity (Wildman–Crippen MR) is 121 cm³/mol. The summed E-state index contributed by atoms with van der Waals surface area (Å²) >= 11 is 6.24. The molecule has 1 amide bonds. The molecule has 0 aliphatic carbocycles. The third kappa shape index (κ3) is 4.80. The Labute approximate surface area is 180 Å². The molecule has 2 N–H and O–H groups in total. The molecular formula is C22H23ClN6O. The van der Waals surface area contributed by atoms with Crippen molar-refractivity contribution >= 4 is 46.3 Å². The highest BCUT2D eigenvalue weighted by atomic mass is 35.5. The van der Waals surface area contributed by atoms with Crippen molar-refractivity contribution in [2.75, 3.05) is 41.7 Å². The molecular weight excluding hydrogens is 400 g/mol. The van der Waals surface area contributed by atoms with E-state index in [1.54, 1.807) is 13.1 Å². The van der Waals surface area contributed by atoms with Gasteiger partial charge >= 0.3 is 0 Å². The van der Waals surface area contributed by atoms with Gasteiger partial charge in [0.1, 0.15) is 5.02 Å². The zero-order valence-corrected chi connectivity index (χ0v) is 17.4. The van der Waals surface area contributed by atoms with E-state index < -0.39 is 0 Å². The number of para-hydroxylation sites is 1. The summed E-state index contributed by atoms with van der Waals surface area (Å²) in [6.45, 7) is 4.80. The van der Waals surface area contributed by atoms with Crippen LogP contribution in [0.5, 0.6) is 0 Å². The lowest BCUT2D eigenvalue weighted by atomic mass is 10.2. The number of nitrogens with zero attached hydrogens (tertiary/aromatic N) is 4. The van der Waals surface area contributed by atoms with Crippen molar-refractivity contribution in [2.45, 2.75) is 6.92 Å². The summed E-state index contributed by atoms with van der Waals surface area (Å²) in [4.78, 5) is 24.4.